The van der Waals surface area contributed by atoms with Crippen molar-refractivity contribution in [3.8, 4) is 0 Å². The third-order valence-electron chi connectivity index (χ3n) is 2.92. The maximum Gasteiger partial charge on any atom is 0.214 e. The highest BCUT2D eigenvalue weighted by Gasteiger charge is 2.19. The van der Waals surface area contributed by atoms with Crippen LogP contribution in [-0.4, -0.2) is 25.5 Å². The van der Waals surface area contributed by atoms with Crippen LogP contribution in [0.15, 0.2) is 28.7 Å². The van der Waals surface area contributed by atoms with Crippen LogP contribution < -0.4 is 5.73 Å². The average Bonchev–Trinajstić information content (AvgIpc) is 2.80. The van der Waals surface area contributed by atoms with E-state index in [1.807, 2.05) is 0 Å². The molecule has 2 N–H and O–H groups in total. The number of benzene rings is 1. The summed E-state index contributed by atoms with van der Waals surface area (Å²) in [4.78, 5) is 12.0. The maximum atomic E-state index is 13.0. The summed E-state index contributed by atoms with van der Waals surface area (Å²) in [7, 11) is 1.60. The monoisotopic (exact) mass is 265 g/mol. The number of ketones is 1. The summed E-state index contributed by atoms with van der Waals surface area (Å²) in [5, 5.41) is 0.562. The summed E-state index contributed by atoms with van der Waals surface area (Å²) in [6.07, 6.45) is 1.23. The molecule has 0 aliphatic heterocycles. The minimum atomic E-state index is -0.624. The maximum absolute atomic E-state index is 13.0. The summed E-state index contributed by atoms with van der Waals surface area (Å²) in [6, 6.07) is 5.01. The molecule has 2 rings (SSSR count). The van der Waals surface area contributed by atoms with Gasteiger partial charge in [-0.05, 0) is 37.1 Å². The van der Waals surface area contributed by atoms with Gasteiger partial charge in [0.2, 0.25) is 5.78 Å². The van der Waals surface area contributed by atoms with Gasteiger partial charge in [-0.2, -0.15) is 0 Å². The van der Waals surface area contributed by atoms with Crippen LogP contribution in [0.5, 0.6) is 0 Å². The van der Waals surface area contributed by atoms with E-state index >= 15 is 0 Å². The summed E-state index contributed by atoms with van der Waals surface area (Å²) in [5.74, 6) is -0.463. The average molecular weight is 265 g/mol. The molecule has 0 aliphatic carbocycles. The standard InChI is InChI=1S/C14H16FNO3/c1-18-6-2-3-11(16)14(17)13-8-9-7-10(15)4-5-12(9)19-13/h4-5,7-8,11H,2-3,6,16H2,1H3. The molecule has 0 aliphatic rings. The van der Waals surface area contributed by atoms with E-state index in [-0.39, 0.29) is 17.4 Å². The predicted molar refractivity (Wildman–Crippen MR) is 69.6 cm³/mol. The van der Waals surface area contributed by atoms with E-state index in [0.29, 0.717) is 30.4 Å². The van der Waals surface area contributed by atoms with Gasteiger partial charge in [-0.15, -0.1) is 0 Å². The van der Waals surface area contributed by atoms with Crippen LogP contribution >= 0.6 is 0 Å². The second-order valence-corrected chi connectivity index (χ2v) is 4.40. The molecule has 1 aromatic heterocycles. The van der Waals surface area contributed by atoms with Gasteiger partial charge < -0.3 is 14.9 Å². The zero-order chi connectivity index (χ0) is 13.8. The number of methoxy groups -OCH3 is 1. The minimum absolute atomic E-state index is 0.172. The lowest BCUT2D eigenvalue weighted by molar-refractivity contribution is 0.0925. The number of carbonyl (C=O) groups excluding carboxylic acids is 1. The largest absolute Gasteiger partial charge is 0.453 e. The van der Waals surface area contributed by atoms with Crippen molar-refractivity contribution in [2.45, 2.75) is 18.9 Å². The van der Waals surface area contributed by atoms with Crippen LogP contribution in [0.25, 0.3) is 11.0 Å². The fourth-order valence-electron chi connectivity index (χ4n) is 1.90. The molecule has 0 saturated carbocycles. The number of furan rings is 1. The number of ether oxygens (including phenoxy) is 1. The van der Waals surface area contributed by atoms with Crippen molar-refractivity contribution in [1.82, 2.24) is 0 Å². The molecule has 1 aromatic carbocycles. The highest BCUT2D eigenvalue weighted by atomic mass is 19.1. The van der Waals surface area contributed by atoms with Crippen LogP contribution in [0, 0.1) is 5.82 Å². The van der Waals surface area contributed by atoms with Gasteiger partial charge in [0.15, 0.2) is 5.76 Å². The van der Waals surface area contributed by atoms with Crippen molar-refractivity contribution >= 4 is 16.8 Å². The zero-order valence-corrected chi connectivity index (χ0v) is 10.7. The zero-order valence-electron chi connectivity index (χ0n) is 10.7. The van der Waals surface area contributed by atoms with Gasteiger partial charge in [-0.3, -0.25) is 4.79 Å². The number of carbonyl (C=O) groups is 1. The Labute approximate surface area is 110 Å². The molecule has 1 unspecified atom stereocenters. The number of halogens is 1. The summed E-state index contributed by atoms with van der Waals surface area (Å²) >= 11 is 0. The Hall–Kier alpha value is -1.72. The SMILES string of the molecule is COCCCC(N)C(=O)c1cc2cc(F)ccc2o1. The Bertz CT molecular complexity index is 579. The van der Waals surface area contributed by atoms with Crippen LogP contribution in [0.4, 0.5) is 4.39 Å². The highest BCUT2D eigenvalue weighted by molar-refractivity contribution is 6.00. The molecule has 5 heteroatoms. The fourth-order valence-corrected chi connectivity index (χ4v) is 1.90. The van der Waals surface area contributed by atoms with Gasteiger partial charge in [0, 0.05) is 19.1 Å². The number of fused-ring (bicyclic) bond motifs is 1. The molecule has 102 valence electrons. The van der Waals surface area contributed by atoms with E-state index in [1.165, 1.54) is 24.3 Å². The molecule has 0 amide bonds. The molecular weight excluding hydrogens is 249 g/mol. The Morgan fingerprint density at radius 2 is 2.26 bits per heavy atom. The van der Waals surface area contributed by atoms with Crippen LogP contribution in [0.1, 0.15) is 23.4 Å². The van der Waals surface area contributed by atoms with Crippen molar-refractivity contribution in [2.24, 2.45) is 5.73 Å². The van der Waals surface area contributed by atoms with Crippen molar-refractivity contribution < 1.29 is 18.3 Å². The van der Waals surface area contributed by atoms with Gasteiger partial charge >= 0.3 is 0 Å². The number of hydrogen-bond acceptors (Lipinski definition) is 4. The summed E-state index contributed by atoms with van der Waals surface area (Å²) in [5.41, 5.74) is 6.28. The molecule has 0 spiro atoms. The molecule has 19 heavy (non-hydrogen) atoms. The lowest BCUT2D eigenvalue weighted by Crippen LogP contribution is -2.30. The Morgan fingerprint density at radius 1 is 1.47 bits per heavy atom. The van der Waals surface area contributed by atoms with Crippen molar-refractivity contribution in [2.75, 3.05) is 13.7 Å². The van der Waals surface area contributed by atoms with E-state index in [9.17, 15) is 9.18 Å². The Morgan fingerprint density at radius 3 is 3.00 bits per heavy atom. The molecule has 2 aromatic rings. The van der Waals surface area contributed by atoms with Gasteiger partial charge in [0.1, 0.15) is 11.4 Å². The van der Waals surface area contributed by atoms with Crippen molar-refractivity contribution in [3.05, 3.63) is 35.8 Å². The molecule has 0 radical (unpaired) electrons. The van der Waals surface area contributed by atoms with E-state index in [0.717, 1.165) is 0 Å². The smallest absolute Gasteiger partial charge is 0.214 e. The van der Waals surface area contributed by atoms with Gasteiger partial charge in [0.25, 0.3) is 0 Å². The van der Waals surface area contributed by atoms with Gasteiger partial charge in [0.05, 0.1) is 6.04 Å². The van der Waals surface area contributed by atoms with Crippen LogP contribution in [0.2, 0.25) is 0 Å². The normalized spacial score (nSPS) is 12.8. The predicted octanol–water partition coefficient (Wildman–Crippen LogP) is 2.51. The Balaban J connectivity index is 2.12. The molecule has 0 fully saturated rings. The Kier molecular flexibility index (Phi) is 4.29. The number of rotatable bonds is 6. The van der Waals surface area contributed by atoms with Crippen molar-refractivity contribution in [1.29, 1.82) is 0 Å². The fraction of sp³-hybridized carbons (Fsp3) is 0.357. The summed E-state index contributed by atoms with van der Waals surface area (Å²) < 4.78 is 23.3. The quantitative estimate of drug-likeness (QED) is 0.643. The van der Waals surface area contributed by atoms with E-state index in [1.54, 1.807) is 7.11 Å². The highest BCUT2D eigenvalue weighted by Crippen LogP contribution is 2.21. The van der Waals surface area contributed by atoms with E-state index in [4.69, 9.17) is 14.9 Å². The minimum Gasteiger partial charge on any atom is -0.453 e. The lowest BCUT2D eigenvalue weighted by atomic mass is 10.1. The first-order chi connectivity index (χ1) is 9.11. The van der Waals surface area contributed by atoms with Crippen LogP contribution in [-0.2, 0) is 4.74 Å². The molecule has 1 atom stereocenters. The molecule has 1 heterocycles. The summed E-state index contributed by atoms with van der Waals surface area (Å²) in [6.45, 7) is 0.562. The number of nitrogens with two attached hydrogens (primary N) is 1. The van der Waals surface area contributed by atoms with E-state index in [2.05, 4.69) is 0 Å². The van der Waals surface area contributed by atoms with Gasteiger partial charge in [-0.1, -0.05) is 0 Å². The second-order valence-electron chi connectivity index (χ2n) is 4.40. The van der Waals surface area contributed by atoms with E-state index < -0.39 is 6.04 Å². The molecule has 0 bridgehead atoms. The first-order valence-corrected chi connectivity index (χ1v) is 6.09. The second kappa shape index (κ2) is 5.95. The lowest BCUT2D eigenvalue weighted by Gasteiger charge is -2.07. The van der Waals surface area contributed by atoms with Crippen molar-refractivity contribution in [3.63, 3.8) is 0 Å². The molecular formula is C14H16FNO3. The first-order valence-electron chi connectivity index (χ1n) is 6.09. The van der Waals surface area contributed by atoms with Gasteiger partial charge in [-0.25, -0.2) is 4.39 Å². The first kappa shape index (κ1) is 13.7. The third-order valence-corrected chi connectivity index (χ3v) is 2.92. The van der Waals surface area contributed by atoms with Crippen LogP contribution in [0.3, 0.4) is 0 Å². The number of hydrogen-bond donors (Lipinski definition) is 1. The number of Topliss-reactive ketones (excluding diaryl/α,β-unsaturated/α-hetero) is 1. The topological polar surface area (TPSA) is 65.5 Å². The molecule has 0 saturated heterocycles. The molecule has 4 nitrogen and oxygen atoms in total. The third kappa shape index (κ3) is 3.19.